The molecule has 92 valence electrons. The average molecular weight is 245 g/mol. The SMILES string of the molecule is CCCC(CCC)COC(=O)C(N)C#P=O. The molecule has 0 bridgehead atoms. The van der Waals surface area contributed by atoms with Crippen LogP contribution < -0.4 is 5.73 Å². The number of ether oxygens (including phenoxy) is 1. The van der Waals surface area contributed by atoms with Crippen molar-refractivity contribution in [2.75, 3.05) is 6.61 Å². The third kappa shape index (κ3) is 6.84. The van der Waals surface area contributed by atoms with Crippen molar-refractivity contribution in [3.05, 3.63) is 0 Å². The van der Waals surface area contributed by atoms with Crippen molar-refractivity contribution in [2.24, 2.45) is 11.7 Å². The van der Waals surface area contributed by atoms with Crippen LogP contribution in [0, 0.1) is 11.5 Å². The number of hydrogen-bond donors (Lipinski definition) is 1. The Balaban J connectivity index is 4.02. The molecule has 0 saturated heterocycles. The van der Waals surface area contributed by atoms with E-state index in [-0.39, 0.29) is 7.92 Å². The summed E-state index contributed by atoms with van der Waals surface area (Å²) >= 11 is 0. The number of nitrogens with two attached hydrogens (primary N) is 1. The average Bonchev–Trinajstić information content (AvgIpc) is 2.26. The van der Waals surface area contributed by atoms with Crippen molar-refractivity contribution in [2.45, 2.75) is 45.6 Å². The van der Waals surface area contributed by atoms with Crippen LogP contribution in [0.4, 0.5) is 0 Å². The van der Waals surface area contributed by atoms with Gasteiger partial charge in [-0.2, -0.15) is 0 Å². The standard InChI is InChI=1S/C11H20NO3P/c1-3-5-9(6-4-2)7-15-11(13)10(12)8-16-14/h9-10H,3-7,12H2,1-2H3. The molecule has 0 aliphatic carbocycles. The van der Waals surface area contributed by atoms with Gasteiger partial charge in [-0.05, 0) is 0 Å². The van der Waals surface area contributed by atoms with Crippen molar-refractivity contribution in [3.8, 4) is 5.63 Å². The predicted octanol–water partition coefficient (Wildman–Crippen LogP) is 2.32. The topological polar surface area (TPSA) is 69.4 Å². The van der Waals surface area contributed by atoms with E-state index >= 15 is 0 Å². The van der Waals surface area contributed by atoms with Gasteiger partial charge in [0, 0.05) is 0 Å². The summed E-state index contributed by atoms with van der Waals surface area (Å²) < 4.78 is 15.2. The summed E-state index contributed by atoms with van der Waals surface area (Å²) in [5.41, 5.74) is 7.62. The van der Waals surface area contributed by atoms with Crippen molar-refractivity contribution >= 4 is 13.9 Å². The van der Waals surface area contributed by atoms with E-state index in [1.165, 1.54) is 0 Å². The second kappa shape index (κ2) is 9.65. The molecule has 0 amide bonds. The molecule has 4 nitrogen and oxygen atoms in total. The minimum absolute atomic E-state index is 0.364. The normalized spacial score (nSPS) is 12.0. The summed E-state index contributed by atoms with van der Waals surface area (Å²) in [7, 11) is -0.364. The summed E-state index contributed by atoms with van der Waals surface area (Å²) in [5, 5.41) is 0. The van der Waals surface area contributed by atoms with Crippen LogP contribution in [0.1, 0.15) is 39.5 Å². The number of esters is 1. The molecular weight excluding hydrogens is 225 g/mol. The van der Waals surface area contributed by atoms with Crippen LogP contribution >= 0.6 is 7.92 Å². The van der Waals surface area contributed by atoms with Gasteiger partial charge in [0.25, 0.3) is 0 Å². The molecule has 16 heavy (non-hydrogen) atoms. The zero-order chi connectivity index (χ0) is 12.4. The first kappa shape index (κ1) is 15.4. The van der Waals surface area contributed by atoms with Crippen molar-refractivity contribution in [1.82, 2.24) is 0 Å². The third-order valence-electron chi connectivity index (χ3n) is 2.30. The zero-order valence-corrected chi connectivity index (χ0v) is 10.8. The molecule has 0 heterocycles. The maximum absolute atomic E-state index is 11.3. The maximum atomic E-state index is 11.3. The Kier molecular flexibility index (Phi) is 9.31. The molecule has 0 aliphatic rings. The molecule has 1 atom stereocenters. The van der Waals surface area contributed by atoms with E-state index in [4.69, 9.17) is 10.5 Å². The third-order valence-corrected chi connectivity index (χ3v) is 2.68. The van der Waals surface area contributed by atoms with Gasteiger partial charge < -0.3 is 0 Å². The second-order valence-corrected chi connectivity index (χ2v) is 4.21. The van der Waals surface area contributed by atoms with Crippen LogP contribution in [0.5, 0.6) is 0 Å². The molecule has 0 aliphatic heterocycles. The summed E-state index contributed by atoms with van der Waals surface area (Å²) in [5.74, 6) is -0.156. The molecule has 0 fully saturated rings. The quantitative estimate of drug-likeness (QED) is 0.552. The number of hydrogen-bond acceptors (Lipinski definition) is 4. The number of rotatable bonds is 7. The number of carbonyl (C=O) groups excluding carboxylic acids is 1. The van der Waals surface area contributed by atoms with Crippen molar-refractivity contribution in [3.63, 3.8) is 0 Å². The molecule has 0 aromatic carbocycles. The van der Waals surface area contributed by atoms with Crippen molar-refractivity contribution in [1.29, 1.82) is 0 Å². The molecule has 0 rings (SSSR count). The van der Waals surface area contributed by atoms with Gasteiger partial charge >= 0.3 is 97.4 Å². The van der Waals surface area contributed by atoms with Gasteiger partial charge in [-0.3, -0.25) is 0 Å². The summed E-state index contributed by atoms with van der Waals surface area (Å²) in [6, 6.07) is -1.01. The molecule has 0 saturated carbocycles. The Hall–Kier alpha value is -0.560. The molecule has 1 unspecified atom stereocenters. The van der Waals surface area contributed by atoms with Crippen LogP contribution in [0.25, 0.3) is 0 Å². The fourth-order valence-electron chi connectivity index (χ4n) is 1.53. The van der Waals surface area contributed by atoms with E-state index in [2.05, 4.69) is 19.5 Å². The summed E-state index contributed by atoms with van der Waals surface area (Å²) in [6.07, 6.45) is 4.24. The number of carbonyl (C=O) groups is 1. The first-order valence-electron chi connectivity index (χ1n) is 5.65. The first-order chi connectivity index (χ1) is 7.65. The van der Waals surface area contributed by atoms with Gasteiger partial charge in [-0.25, -0.2) is 0 Å². The van der Waals surface area contributed by atoms with E-state index < -0.39 is 12.0 Å². The fourth-order valence-corrected chi connectivity index (χ4v) is 1.75. The fraction of sp³-hybridized carbons (Fsp3) is 0.818. The van der Waals surface area contributed by atoms with E-state index in [9.17, 15) is 9.36 Å². The van der Waals surface area contributed by atoms with E-state index in [1.807, 2.05) is 0 Å². The monoisotopic (exact) mass is 245 g/mol. The molecule has 0 radical (unpaired) electrons. The van der Waals surface area contributed by atoms with E-state index in [0.29, 0.717) is 12.5 Å². The van der Waals surface area contributed by atoms with Gasteiger partial charge in [0.2, 0.25) is 0 Å². The predicted molar refractivity (Wildman–Crippen MR) is 63.7 cm³/mol. The first-order valence-corrected chi connectivity index (χ1v) is 6.47. The Bertz CT molecular complexity index is 293. The Morgan fingerprint density at radius 3 is 2.38 bits per heavy atom. The zero-order valence-electron chi connectivity index (χ0n) is 9.94. The van der Waals surface area contributed by atoms with Gasteiger partial charge in [0.05, 0.1) is 0 Å². The van der Waals surface area contributed by atoms with Gasteiger partial charge in [-0.15, -0.1) is 0 Å². The van der Waals surface area contributed by atoms with Crippen LogP contribution in [0.3, 0.4) is 0 Å². The van der Waals surface area contributed by atoms with E-state index in [0.717, 1.165) is 25.7 Å². The van der Waals surface area contributed by atoms with Crippen molar-refractivity contribution < 1.29 is 14.1 Å². The Morgan fingerprint density at radius 2 is 1.94 bits per heavy atom. The Morgan fingerprint density at radius 1 is 1.38 bits per heavy atom. The molecule has 0 aromatic rings. The van der Waals surface area contributed by atoms with E-state index in [1.54, 1.807) is 0 Å². The second-order valence-electron chi connectivity index (χ2n) is 3.77. The summed E-state index contributed by atoms with van der Waals surface area (Å²) in [4.78, 5) is 11.3. The van der Waals surface area contributed by atoms with Crippen LogP contribution in [0.2, 0.25) is 0 Å². The van der Waals surface area contributed by atoms with Gasteiger partial charge in [0.1, 0.15) is 0 Å². The molecule has 2 N–H and O–H groups in total. The molecule has 5 heteroatoms. The molecular formula is C11H20NO3P. The van der Waals surface area contributed by atoms with Crippen LogP contribution in [0.15, 0.2) is 0 Å². The van der Waals surface area contributed by atoms with Crippen LogP contribution in [-0.4, -0.2) is 18.6 Å². The van der Waals surface area contributed by atoms with Gasteiger partial charge in [-0.1, -0.05) is 0 Å². The minimum atomic E-state index is -1.01. The van der Waals surface area contributed by atoms with Gasteiger partial charge in [0.15, 0.2) is 0 Å². The Labute approximate surface area is 98.0 Å². The molecule has 0 spiro atoms. The van der Waals surface area contributed by atoms with Crippen LogP contribution in [-0.2, 0) is 14.1 Å². The molecule has 0 aromatic heterocycles. The summed E-state index contributed by atoms with van der Waals surface area (Å²) in [6.45, 7) is 4.60.